The minimum absolute atomic E-state index is 0.00667. The number of nitrogens with one attached hydrogen (secondary N) is 1. The first-order valence-corrected chi connectivity index (χ1v) is 7.43. The lowest BCUT2D eigenvalue weighted by Crippen LogP contribution is -2.39. The van der Waals surface area contributed by atoms with Crippen LogP contribution in [-0.2, 0) is 9.84 Å². The minimum atomic E-state index is -2.89. The molecule has 0 saturated heterocycles. The summed E-state index contributed by atoms with van der Waals surface area (Å²) in [7, 11) is -2.89. The molecule has 4 nitrogen and oxygen atoms in total. The lowest BCUT2D eigenvalue weighted by molar-refractivity contribution is 0.359. The van der Waals surface area contributed by atoms with Gasteiger partial charge in [0.1, 0.15) is 9.84 Å². The fraction of sp³-hybridized carbons (Fsp3) is 1.00. The fourth-order valence-corrected chi connectivity index (χ4v) is 2.48. The van der Waals surface area contributed by atoms with E-state index in [4.69, 9.17) is 5.73 Å². The lowest BCUT2D eigenvalue weighted by atomic mass is 9.96. The summed E-state index contributed by atoms with van der Waals surface area (Å²) in [6.07, 6.45) is 1.26. The maximum atomic E-state index is 11.0. The van der Waals surface area contributed by atoms with Gasteiger partial charge in [-0.05, 0) is 31.8 Å². The Hall–Kier alpha value is -0.130. The monoisotopic (exact) mass is 236 g/mol. The third kappa shape index (κ3) is 7.76. The first-order valence-electron chi connectivity index (χ1n) is 5.37. The van der Waals surface area contributed by atoms with Crippen LogP contribution in [0.4, 0.5) is 0 Å². The van der Waals surface area contributed by atoms with E-state index in [-0.39, 0.29) is 11.8 Å². The zero-order valence-corrected chi connectivity index (χ0v) is 11.0. The van der Waals surface area contributed by atoms with E-state index in [2.05, 4.69) is 19.2 Å². The quantitative estimate of drug-likeness (QED) is 0.664. The molecule has 0 rings (SSSR count). The molecule has 0 aromatic heterocycles. The Balaban J connectivity index is 3.94. The Labute approximate surface area is 93.5 Å². The highest BCUT2D eigenvalue weighted by Crippen LogP contribution is 2.07. The third-order valence-corrected chi connectivity index (χ3v) is 3.63. The van der Waals surface area contributed by atoms with Gasteiger partial charge in [-0.25, -0.2) is 8.42 Å². The molecular formula is C10H24N2O2S. The van der Waals surface area contributed by atoms with Gasteiger partial charge in [0.2, 0.25) is 0 Å². The van der Waals surface area contributed by atoms with Crippen molar-refractivity contribution in [3.05, 3.63) is 0 Å². The Morgan fingerprint density at radius 3 is 2.13 bits per heavy atom. The zero-order valence-electron chi connectivity index (χ0n) is 10.2. The number of nitrogens with two attached hydrogens (primary N) is 1. The summed E-state index contributed by atoms with van der Waals surface area (Å²) in [6.45, 7) is 7.55. The number of hydrogen-bond donors (Lipinski definition) is 2. The molecule has 0 aromatic rings. The van der Waals surface area contributed by atoms with Crippen molar-refractivity contribution in [3.8, 4) is 0 Å². The normalized spacial score (nSPS) is 16.7. The molecule has 3 N–H and O–H groups in total. The summed E-state index contributed by atoms with van der Waals surface area (Å²) in [5.74, 6) is 1.11. The Bertz CT molecular complexity index is 263. The van der Waals surface area contributed by atoms with Gasteiger partial charge in [-0.2, -0.15) is 0 Å². The molecule has 0 aliphatic heterocycles. The molecule has 2 unspecified atom stereocenters. The van der Waals surface area contributed by atoms with Crippen molar-refractivity contribution in [1.82, 2.24) is 5.32 Å². The summed E-state index contributed by atoms with van der Waals surface area (Å²) >= 11 is 0. The second-order valence-corrected chi connectivity index (χ2v) is 6.83. The zero-order chi connectivity index (χ0) is 12.1. The molecule has 5 heteroatoms. The molecule has 92 valence electrons. The standard InChI is InChI=1S/C10H24N2O2S/c1-8(2)10(5-11)6-12-9(3)7-15(4,13)14/h8-10,12H,5-7,11H2,1-4H3. The summed E-state index contributed by atoms with van der Waals surface area (Å²) in [4.78, 5) is 0. The molecule has 15 heavy (non-hydrogen) atoms. The Kier molecular flexibility index (Phi) is 6.40. The van der Waals surface area contributed by atoms with Gasteiger partial charge < -0.3 is 11.1 Å². The van der Waals surface area contributed by atoms with E-state index >= 15 is 0 Å². The minimum Gasteiger partial charge on any atom is -0.330 e. The van der Waals surface area contributed by atoms with Gasteiger partial charge in [0.15, 0.2) is 0 Å². The molecule has 0 aliphatic rings. The summed E-state index contributed by atoms with van der Waals surface area (Å²) in [5.41, 5.74) is 5.63. The SMILES string of the molecule is CC(CS(C)(=O)=O)NCC(CN)C(C)C. The number of hydrogen-bond acceptors (Lipinski definition) is 4. The second kappa shape index (κ2) is 6.45. The van der Waals surface area contributed by atoms with Crippen LogP contribution in [-0.4, -0.2) is 39.6 Å². The second-order valence-electron chi connectivity index (χ2n) is 4.64. The molecule has 0 aliphatic carbocycles. The van der Waals surface area contributed by atoms with Crippen LogP contribution in [0.25, 0.3) is 0 Å². The van der Waals surface area contributed by atoms with Crippen LogP contribution in [0.1, 0.15) is 20.8 Å². The Morgan fingerprint density at radius 2 is 1.80 bits per heavy atom. The smallest absolute Gasteiger partial charge is 0.148 e. The van der Waals surface area contributed by atoms with E-state index in [0.717, 1.165) is 6.54 Å². The van der Waals surface area contributed by atoms with Crippen molar-refractivity contribution in [2.75, 3.05) is 25.1 Å². The molecule has 0 spiro atoms. The highest BCUT2D eigenvalue weighted by molar-refractivity contribution is 7.90. The van der Waals surface area contributed by atoms with E-state index in [1.807, 2.05) is 6.92 Å². The molecule has 0 saturated carbocycles. The average Bonchev–Trinajstić information content (AvgIpc) is 2.01. The van der Waals surface area contributed by atoms with E-state index in [0.29, 0.717) is 18.4 Å². The molecule has 0 bridgehead atoms. The van der Waals surface area contributed by atoms with Crippen LogP contribution in [0, 0.1) is 11.8 Å². The average molecular weight is 236 g/mol. The van der Waals surface area contributed by atoms with Gasteiger partial charge in [-0.15, -0.1) is 0 Å². The van der Waals surface area contributed by atoms with Crippen molar-refractivity contribution in [1.29, 1.82) is 0 Å². The lowest BCUT2D eigenvalue weighted by Gasteiger charge is -2.22. The van der Waals surface area contributed by atoms with Crippen LogP contribution in [0.5, 0.6) is 0 Å². The van der Waals surface area contributed by atoms with E-state index in [1.54, 1.807) is 0 Å². The van der Waals surface area contributed by atoms with Crippen LogP contribution < -0.4 is 11.1 Å². The predicted molar refractivity (Wildman–Crippen MR) is 64.6 cm³/mol. The van der Waals surface area contributed by atoms with Crippen molar-refractivity contribution in [3.63, 3.8) is 0 Å². The van der Waals surface area contributed by atoms with E-state index in [9.17, 15) is 8.42 Å². The summed E-state index contributed by atoms with van der Waals surface area (Å²) in [5, 5.41) is 3.21. The first kappa shape index (κ1) is 14.9. The molecular weight excluding hydrogens is 212 g/mol. The van der Waals surface area contributed by atoms with Gasteiger partial charge >= 0.3 is 0 Å². The summed E-state index contributed by atoms with van der Waals surface area (Å²) < 4.78 is 22.1. The maximum absolute atomic E-state index is 11.0. The van der Waals surface area contributed by atoms with Crippen molar-refractivity contribution >= 4 is 9.84 Å². The van der Waals surface area contributed by atoms with Crippen LogP contribution in [0.2, 0.25) is 0 Å². The molecule has 0 aromatic carbocycles. The van der Waals surface area contributed by atoms with E-state index < -0.39 is 9.84 Å². The van der Waals surface area contributed by atoms with Crippen LogP contribution >= 0.6 is 0 Å². The van der Waals surface area contributed by atoms with E-state index in [1.165, 1.54) is 6.26 Å². The van der Waals surface area contributed by atoms with Crippen molar-refractivity contribution in [2.45, 2.75) is 26.8 Å². The van der Waals surface area contributed by atoms with Crippen LogP contribution in [0.3, 0.4) is 0 Å². The fourth-order valence-electron chi connectivity index (χ4n) is 1.46. The third-order valence-electron chi connectivity index (χ3n) is 2.53. The highest BCUT2D eigenvalue weighted by atomic mass is 32.2. The van der Waals surface area contributed by atoms with Gasteiger partial charge in [-0.1, -0.05) is 13.8 Å². The predicted octanol–water partition coefficient (Wildman–Crippen LogP) is 0.240. The highest BCUT2D eigenvalue weighted by Gasteiger charge is 2.14. The van der Waals surface area contributed by atoms with Crippen LogP contribution in [0.15, 0.2) is 0 Å². The molecule has 0 heterocycles. The summed E-state index contributed by atoms with van der Waals surface area (Å²) in [6, 6.07) is -0.00667. The molecule has 0 radical (unpaired) electrons. The largest absolute Gasteiger partial charge is 0.330 e. The van der Waals surface area contributed by atoms with Gasteiger partial charge in [-0.3, -0.25) is 0 Å². The first-order chi connectivity index (χ1) is 6.76. The molecule has 0 amide bonds. The Morgan fingerprint density at radius 1 is 1.27 bits per heavy atom. The number of rotatable bonds is 7. The number of sulfone groups is 1. The molecule has 2 atom stereocenters. The van der Waals surface area contributed by atoms with Gasteiger partial charge in [0.25, 0.3) is 0 Å². The van der Waals surface area contributed by atoms with Crippen molar-refractivity contribution in [2.24, 2.45) is 17.6 Å². The van der Waals surface area contributed by atoms with Crippen molar-refractivity contribution < 1.29 is 8.42 Å². The van der Waals surface area contributed by atoms with Gasteiger partial charge in [0.05, 0.1) is 5.75 Å². The topological polar surface area (TPSA) is 72.2 Å². The molecule has 0 fully saturated rings. The van der Waals surface area contributed by atoms with Gasteiger partial charge in [0, 0.05) is 12.3 Å². The maximum Gasteiger partial charge on any atom is 0.148 e.